The number of nitrogen functional groups attached to an aromatic ring is 1. The van der Waals surface area contributed by atoms with E-state index in [0.717, 1.165) is 6.07 Å². The van der Waals surface area contributed by atoms with Crippen molar-refractivity contribution in [1.29, 1.82) is 0 Å². The number of amides is 1. The molecule has 192 valence electrons. The third-order valence-corrected chi connectivity index (χ3v) is 5.95. The van der Waals surface area contributed by atoms with E-state index >= 15 is 0 Å². The van der Waals surface area contributed by atoms with E-state index in [1.54, 1.807) is 25.2 Å². The van der Waals surface area contributed by atoms with Crippen molar-refractivity contribution in [2.75, 3.05) is 55.7 Å². The number of aromatic nitrogens is 3. The number of pyridine rings is 1. The summed E-state index contributed by atoms with van der Waals surface area (Å²) in [5, 5.41) is 6.32. The van der Waals surface area contributed by atoms with E-state index in [4.69, 9.17) is 5.73 Å². The average Bonchev–Trinajstić information content (AvgIpc) is 2.82. The summed E-state index contributed by atoms with van der Waals surface area (Å²) in [6.07, 6.45) is -4.58. The first-order chi connectivity index (χ1) is 17.1. The molecule has 4 N–H and O–H groups in total. The summed E-state index contributed by atoms with van der Waals surface area (Å²) in [6, 6.07) is 7.37. The maximum absolute atomic E-state index is 14.1. The van der Waals surface area contributed by atoms with Crippen LogP contribution in [-0.4, -0.2) is 71.6 Å². The van der Waals surface area contributed by atoms with Crippen LogP contribution in [0.25, 0.3) is 22.3 Å². The second-order valence-electron chi connectivity index (χ2n) is 8.93. The fraction of sp³-hybridized carbons (Fsp3) is 0.417. The number of nitrogens with one attached hydrogen (secondary N) is 2. The third-order valence-electron chi connectivity index (χ3n) is 5.95. The Labute approximate surface area is 206 Å². The SMILES string of the molecule is CNc1nc(N)nc2nc(-c3c(N4CCN(CC(=O)NC(C)C)CC4)cccc3C(F)(F)F)ccc12. The Morgan fingerprint density at radius 2 is 1.81 bits per heavy atom. The van der Waals surface area contributed by atoms with Crippen molar-refractivity contribution in [3.05, 3.63) is 35.9 Å². The number of rotatable bonds is 6. The molecule has 0 bridgehead atoms. The molecule has 1 aromatic carbocycles. The van der Waals surface area contributed by atoms with Gasteiger partial charge in [0.2, 0.25) is 11.9 Å². The molecular weight excluding hydrogens is 473 g/mol. The Morgan fingerprint density at radius 1 is 1.08 bits per heavy atom. The Kier molecular flexibility index (Phi) is 7.16. The van der Waals surface area contributed by atoms with Crippen LogP contribution in [0.2, 0.25) is 0 Å². The van der Waals surface area contributed by atoms with Gasteiger partial charge in [-0.05, 0) is 38.1 Å². The minimum absolute atomic E-state index is 0.0129. The predicted octanol–water partition coefficient (Wildman–Crippen LogP) is 2.98. The number of benzene rings is 1. The minimum atomic E-state index is -4.58. The van der Waals surface area contributed by atoms with Gasteiger partial charge in [0.05, 0.1) is 23.2 Å². The van der Waals surface area contributed by atoms with E-state index in [1.807, 2.05) is 23.6 Å². The summed E-state index contributed by atoms with van der Waals surface area (Å²) in [4.78, 5) is 28.7. The molecule has 36 heavy (non-hydrogen) atoms. The molecule has 1 fully saturated rings. The first-order valence-electron chi connectivity index (χ1n) is 11.7. The van der Waals surface area contributed by atoms with Crippen LogP contribution >= 0.6 is 0 Å². The highest BCUT2D eigenvalue weighted by molar-refractivity contribution is 5.91. The van der Waals surface area contributed by atoms with Gasteiger partial charge in [0.1, 0.15) is 5.82 Å². The van der Waals surface area contributed by atoms with Crippen LogP contribution < -0.4 is 21.3 Å². The van der Waals surface area contributed by atoms with Crippen LogP contribution in [0.5, 0.6) is 0 Å². The van der Waals surface area contributed by atoms with E-state index < -0.39 is 11.7 Å². The number of nitrogens with zero attached hydrogens (tertiary/aromatic N) is 5. The molecule has 9 nitrogen and oxygen atoms in total. The quantitative estimate of drug-likeness (QED) is 0.472. The lowest BCUT2D eigenvalue weighted by atomic mass is 9.99. The number of hydrogen-bond acceptors (Lipinski definition) is 8. The van der Waals surface area contributed by atoms with Gasteiger partial charge in [-0.2, -0.15) is 23.1 Å². The van der Waals surface area contributed by atoms with Crippen LogP contribution in [0.3, 0.4) is 0 Å². The number of carbonyl (C=O) groups is 1. The largest absolute Gasteiger partial charge is 0.417 e. The molecule has 0 spiro atoms. The predicted molar refractivity (Wildman–Crippen MR) is 134 cm³/mol. The van der Waals surface area contributed by atoms with Crippen molar-refractivity contribution in [1.82, 2.24) is 25.2 Å². The van der Waals surface area contributed by atoms with E-state index in [9.17, 15) is 18.0 Å². The number of nitrogens with two attached hydrogens (primary N) is 1. The molecule has 4 rings (SSSR count). The first kappa shape index (κ1) is 25.4. The lowest BCUT2D eigenvalue weighted by Gasteiger charge is -2.37. The van der Waals surface area contributed by atoms with Gasteiger partial charge in [0, 0.05) is 50.5 Å². The summed E-state index contributed by atoms with van der Waals surface area (Å²) in [5.41, 5.74) is 5.77. The zero-order valence-electron chi connectivity index (χ0n) is 20.4. The summed E-state index contributed by atoms with van der Waals surface area (Å²) >= 11 is 0. The molecule has 0 aliphatic carbocycles. The van der Waals surface area contributed by atoms with Crippen molar-refractivity contribution >= 4 is 34.4 Å². The lowest BCUT2D eigenvalue weighted by molar-refractivity contribution is -0.137. The Balaban J connectivity index is 1.70. The van der Waals surface area contributed by atoms with Crippen LogP contribution in [0, 0.1) is 0 Å². The van der Waals surface area contributed by atoms with Gasteiger partial charge in [0.15, 0.2) is 5.65 Å². The van der Waals surface area contributed by atoms with Crippen LogP contribution in [0.15, 0.2) is 30.3 Å². The van der Waals surface area contributed by atoms with E-state index in [1.165, 1.54) is 6.07 Å². The number of piperazine rings is 1. The summed E-state index contributed by atoms with van der Waals surface area (Å²) in [6.45, 7) is 6.06. The van der Waals surface area contributed by atoms with E-state index in [-0.39, 0.29) is 41.3 Å². The number of fused-ring (bicyclic) bond motifs is 1. The van der Waals surface area contributed by atoms with Gasteiger partial charge < -0.3 is 21.3 Å². The average molecular weight is 503 g/mol. The second-order valence-corrected chi connectivity index (χ2v) is 8.93. The monoisotopic (exact) mass is 502 g/mol. The Bertz CT molecular complexity index is 1260. The number of halogens is 3. The Hall–Kier alpha value is -3.67. The fourth-order valence-electron chi connectivity index (χ4n) is 4.38. The van der Waals surface area contributed by atoms with Crippen molar-refractivity contribution in [3.8, 4) is 11.3 Å². The summed E-state index contributed by atoms with van der Waals surface area (Å²) in [5.74, 6) is 0.345. The fourth-order valence-corrected chi connectivity index (χ4v) is 4.38. The molecule has 3 heterocycles. The zero-order chi connectivity index (χ0) is 26.0. The maximum Gasteiger partial charge on any atom is 0.417 e. The number of hydrogen-bond donors (Lipinski definition) is 3. The molecule has 1 aliphatic heterocycles. The van der Waals surface area contributed by atoms with E-state index in [2.05, 4.69) is 25.6 Å². The molecule has 0 saturated carbocycles. The number of alkyl halides is 3. The normalized spacial score (nSPS) is 14.9. The highest BCUT2D eigenvalue weighted by atomic mass is 19.4. The molecule has 2 aromatic heterocycles. The van der Waals surface area contributed by atoms with Crippen molar-refractivity contribution < 1.29 is 18.0 Å². The van der Waals surface area contributed by atoms with Gasteiger partial charge in [-0.3, -0.25) is 9.69 Å². The lowest BCUT2D eigenvalue weighted by Crippen LogP contribution is -2.50. The van der Waals surface area contributed by atoms with Crippen molar-refractivity contribution in [2.45, 2.75) is 26.1 Å². The Morgan fingerprint density at radius 3 is 2.44 bits per heavy atom. The van der Waals surface area contributed by atoms with Gasteiger partial charge in [0.25, 0.3) is 0 Å². The third kappa shape index (κ3) is 5.43. The van der Waals surface area contributed by atoms with Crippen LogP contribution in [-0.2, 0) is 11.0 Å². The van der Waals surface area contributed by atoms with Crippen LogP contribution in [0.4, 0.5) is 30.6 Å². The number of anilines is 3. The molecule has 3 aromatic rings. The zero-order valence-corrected chi connectivity index (χ0v) is 20.4. The first-order valence-corrected chi connectivity index (χ1v) is 11.7. The van der Waals surface area contributed by atoms with Gasteiger partial charge >= 0.3 is 6.18 Å². The molecule has 12 heteroatoms. The second kappa shape index (κ2) is 10.1. The highest BCUT2D eigenvalue weighted by Gasteiger charge is 2.36. The maximum atomic E-state index is 14.1. The van der Waals surface area contributed by atoms with Gasteiger partial charge in [-0.25, -0.2) is 4.98 Å². The van der Waals surface area contributed by atoms with E-state index in [0.29, 0.717) is 43.1 Å². The summed E-state index contributed by atoms with van der Waals surface area (Å²) in [7, 11) is 1.66. The standard InChI is InChI=1S/C24H29F3N8O/c1-14(2)30-19(36)13-34-9-11-35(12-10-34)18-6-4-5-16(24(25,26)27)20(18)17-8-7-15-21(29-3)32-23(28)33-22(15)31-17/h4-8,14H,9-13H2,1-3H3,(H,30,36)(H3,28,29,31,32,33). The molecule has 0 atom stereocenters. The molecular formula is C24H29F3N8O. The summed E-state index contributed by atoms with van der Waals surface area (Å²) < 4.78 is 42.4. The van der Waals surface area contributed by atoms with Gasteiger partial charge in [-0.15, -0.1) is 0 Å². The van der Waals surface area contributed by atoms with Crippen molar-refractivity contribution in [3.63, 3.8) is 0 Å². The number of carbonyl (C=O) groups excluding carboxylic acids is 1. The topological polar surface area (TPSA) is 112 Å². The van der Waals surface area contributed by atoms with Gasteiger partial charge in [-0.1, -0.05) is 6.07 Å². The molecule has 1 aliphatic rings. The smallest absolute Gasteiger partial charge is 0.372 e. The van der Waals surface area contributed by atoms with Crippen LogP contribution in [0.1, 0.15) is 19.4 Å². The minimum Gasteiger partial charge on any atom is -0.372 e. The molecule has 0 unspecified atom stereocenters. The molecule has 1 saturated heterocycles. The van der Waals surface area contributed by atoms with Crippen molar-refractivity contribution in [2.24, 2.45) is 0 Å². The molecule has 0 radical (unpaired) electrons. The highest BCUT2D eigenvalue weighted by Crippen LogP contribution is 2.42. The molecule has 1 amide bonds.